The Morgan fingerprint density at radius 1 is 1.64 bits per heavy atom. The van der Waals surface area contributed by atoms with Crippen LogP contribution < -0.4 is 5.73 Å². The molecule has 1 aliphatic heterocycles. The second kappa shape index (κ2) is 6.35. The molecule has 0 aromatic carbocycles. The number of β-amino-alcohol motifs (C(OH)–C–C–N with tert-alkyl or cyclic N) is 1. The van der Waals surface area contributed by atoms with Gasteiger partial charge in [-0.25, -0.2) is 0 Å². The Bertz CT molecular complexity index is 155. The average Bonchev–Trinajstić information content (AvgIpc) is 2.62. The van der Waals surface area contributed by atoms with E-state index in [0.717, 1.165) is 13.0 Å². The summed E-state index contributed by atoms with van der Waals surface area (Å²) >= 11 is 0. The van der Waals surface area contributed by atoms with Crippen molar-refractivity contribution in [3.63, 3.8) is 0 Å². The summed E-state index contributed by atoms with van der Waals surface area (Å²) in [6.07, 6.45) is 1.99. The van der Waals surface area contributed by atoms with Gasteiger partial charge in [-0.1, -0.05) is 0 Å². The zero-order chi connectivity index (χ0) is 10.4. The number of rotatable bonds is 6. The van der Waals surface area contributed by atoms with E-state index in [1.807, 2.05) is 6.92 Å². The van der Waals surface area contributed by atoms with Crippen LogP contribution in [0.4, 0.5) is 0 Å². The SMILES string of the molecule is CCOCC(O)CN1CCCC1CN. The molecule has 0 aliphatic carbocycles. The van der Waals surface area contributed by atoms with E-state index in [1.54, 1.807) is 0 Å². The van der Waals surface area contributed by atoms with Gasteiger partial charge in [0.15, 0.2) is 0 Å². The van der Waals surface area contributed by atoms with E-state index < -0.39 is 0 Å². The molecule has 84 valence electrons. The lowest BCUT2D eigenvalue weighted by Gasteiger charge is -2.25. The molecule has 2 unspecified atom stereocenters. The minimum absolute atomic E-state index is 0.373. The fourth-order valence-corrected chi connectivity index (χ4v) is 1.98. The Hall–Kier alpha value is -0.160. The summed E-state index contributed by atoms with van der Waals surface area (Å²) in [6, 6.07) is 0.464. The maximum Gasteiger partial charge on any atom is 0.0900 e. The molecule has 1 saturated heterocycles. The lowest BCUT2D eigenvalue weighted by molar-refractivity contribution is 0.0194. The standard InChI is InChI=1S/C10H22N2O2/c1-2-14-8-10(13)7-12-5-3-4-9(12)6-11/h9-10,13H,2-8,11H2,1H3. The number of aliphatic hydroxyl groups is 1. The van der Waals surface area contributed by atoms with Crippen LogP contribution in [0.5, 0.6) is 0 Å². The molecule has 0 radical (unpaired) electrons. The van der Waals surface area contributed by atoms with E-state index >= 15 is 0 Å². The first-order valence-electron chi connectivity index (χ1n) is 5.47. The third-order valence-corrected chi connectivity index (χ3v) is 2.73. The van der Waals surface area contributed by atoms with Gasteiger partial charge in [0.05, 0.1) is 12.7 Å². The maximum atomic E-state index is 9.65. The minimum atomic E-state index is -0.373. The lowest BCUT2D eigenvalue weighted by Crippen LogP contribution is -2.41. The predicted molar refractivity (Wildman–Crippen MR) is 56.1 cm³/mol. The fraction of sp³-hybridized carbons (Fsp3) is 1.00. The van der Waals surface area contributed by atoms with Crippen molar-refractivity contribution in [2.75, 3.05) is 32.8 Å². The van der Waals surface area contributed by atoms with Gasteiger partial charge in [-0.05, 0) is 26.3 Å². The molecule has 0 amide bonds. The van der Waals surface area contributed by atoms with E-state index in [9.17, 15) is 5.11 Å². The number of nitrogens with zero attached hydrogens (tertiary/aromatic N) is 1. The van der Waals surface area contributed by atoms with Crippen LogP contribution in [0.15, 0.2) is 0 Å². The van der Waals surface area contributed by atoms with Crippen LogP contribution >= 0.6 is 0 Å². The van der Waals surface area contributed by atoms with Crippen molar-refractivity contribution >= 4 is 0 Å². The number of nitrogens with two attached hydrogens (primary N) is 1. The molecular formula is C10H22N2O2. The predicted octanol–water partition coefficient (Wildman–Crippen LogP) is -0.193. The zero-order valence-corrected chi connectivity index (χ0v) is 8.98. The molecule has 0 aromatic rings. The molecule has 4 heteroatoms. The van der Waals surface area contributed by atoms with Crippen LogP contribution in [-0.2, 0) is 4.74 Å². The summed E-state index contributed by atoms with van der Waals surface area (Å²) in [4.78, 5) is 2.27. The van der Waals surface area contributed by atoms with Crippen LogP contribution in [0.2, 0.25) is 0 Å². The van der Waals surface area contributed by atoms with Crippen LogP contribution in [0, 0.1) is 0 Å². The molecular weight excluding hydrogens is 180 g/mol. The summed E-state index contributed by atoms with van der Waals surface area (Å²) in [6.45, 7) is 5.49. The Balaban J connectivity index is 2.21. The number of likely N-dealkylation sites (tertiary alicyclic amines) is 1. The van der Waals surface area contributed by atoms with Gasteiger partial charge in [0, 0.05) is 25.7 Å². The van der Waals surface area contributed by atoms with Crippen molar-refractivity contribution in [3.05, 3.63) is 0 Å². The van der Waals surface area contributed by atoms with Crippen molar-refractivity contribution in [3.8, 4) is 0 Å². The molecule has 0 bridgehead atoms. The van der Waals surface area contributed by atoms with Crippen LogP contribution in [-0.4, -0.2) is 55.0 Å². The molecule has 1 fully saturated rings. The molecule has 4 nitrogen and oxygen atoms in total. The van der Waals surface area contributed by atoms with Gasteiger partial charge in [-0.3, -0.25) is 4.90 Å². The normalized spacial score (nSPS) is 25.5. The fourth-order valence-electron chi connectivity index (χ4n) is 1.98. The molecule has 2 atom stereocenters. The first-order chi connectivity index (χ1) is 6.77. The Kier molecular flexibility index (Phi) is 5.40. The van der Waals surface area contributed by atoms with E-state index in [0.29, 0.717) is 32.3 Å². The van der Waals surface area contributed by atoms with Gasteiger partial charge in [-0.2, -0.15) is 0 Å². The highest BCUT2D eigenvalue weighted by Gasteiger charge is 2.24. The smallest absolute Gasteiger partial charge is 0.0900 e. The van der Waals surface area contributed by atoms with Gasteiger partial charge in [0.25, 0.3) is 0 Å². The van der Waals surface area contributed by atoms with Crippen LogP contribution in [0.1, 0.15) is 19.8 Å². The summed E-state index contributed by atoms with van der Waals surface area (Å²) in [7, 11) is 0. The van der Waals surface area contributed by atoms with Gasteiger partial charge >= 0.3 is 0 Å². The summed E-state index contributed by atoms with van der Waals surface area (Å²) in [5.74, 6) is 0. The lowest BCUT2D eigenvalue weighted by atomic mass is 10.2. The van der Waals surface area contributed by atoms with E-state index in [-0.39, 0.29) is 6.10 Å². The Morgan fingerprint density at radius 3 is 3.07 bits per heavy atom. The molecule has 1 aliphatic rings. The Labute approximate surface area is 86.0 Å². The molecule has 3 N–H and O–H groups in total. The summed E-state index contributed by atoms with van der Waals surface area (Å²) in [5, 5.41) is 9.65. The van der Waals surface area contributed by atoms with Gasteiger partial charge in [0.1, 0.15) is 0 Å². The number of hydrogen-bond donors (Lipinski definition) is 2. The topological polar surface area (TPSA) is 58.7 Å². The van der Waals surface area contributed by atoms with Crippen molar-refractivity contribution < 1.29 is 9.84 Å². The quantitative estimate of drug-likeness (QED) is 0.626. The molecule has 0 aromatic heterocycles. The highest BCUT2D eigenvalue weighted by atomic mass is 16.5. The second-order valence-corrected chi connectivity index (χ2v) is 3.84. The molecule has 0 spiro atoms. The van der Waals surface area contributed by atoms with Crippen LogP contribution in [0.25, 0.3) is 0 Å². The number of hydrogen-bond acceptors (Lipinski definition) is 4. The maximum absolute atomic E-state index is 9.65. The summed E-state index contributed by atoms with van der Waals surface area (Å²) in [5.41, 5.74) is 5.65. The van der Waals surface area contributed by atoms with Gasteiger partial charge in [0.2, 0.25) is 0 Å². The van der Waals surface area contributed by atoms with E-state index in [4.69, 9.17) is 10.5 Å². The second-order valence-electron chi connectivity index (χ2n) is 3.84. The van der Waals surface area contributed by atoms with Crippen molar-refractivity contribution in [2.45, 2.75) is 31.9 Å². The van der Waals surface area contributed by atoms with Crippen molar-refractivity contribution in [2.24, 2.45) is 5.73 Å². The number of aliphatic hydroxyl groups excluding tert-OH is 1. The monoisotopic (exact) mass is 202 g/mol. The van der Waals surface area contributed by atoms with Crippen molar-refractivity contribution in [1.29, 1.82) is 0 Å². The van der Waals surface area contributed by atoms with Gasteiger partial charge < -0.3 is 15.6 Å². The number of ether oxygens (including phenoxy) is 1. The highest BCUT2D eigenvalue weighted by Crippen LogP contribution is 2.16. The summed E-state index contributed by atoms with van der Waals surface area (Å²) < 4.78 is 5.17. The van der Waals surface area contributed by atoms with Gasteiger partial charge in [-0.15, -0.1) is 0 Å². The highest BCUT2D eigenvalue weighted by molar-refractivity contribution is 4.81. The molecule has 1 rings (SSSR count). The average molecular weight is 202 g/mol. The third-order valence-electron chi connectivity index (χ3n) is 2.73. The Morgan fingerprint density at radius 2 is 2.43 bits per heavy atom. The largest absolute Gasteiger partial charge is 0.389 e. The third kappa shape index (κ3) is 3.53. The van der Waals surface area contributed by atoms with E-state index in [1.165, 1.54) is 6.42 Å². The van der Waals surface area contributed by atoms with Crippen molar-refractivity contribution in [1.82, 2.24) is 4.90 Å². The van der Waals surface area contributed by atoms with E-state index in [2.05, 4.69) is 4.90 Å². The first-order valence-corrected chi connectivity index (χ1v) is 5.47. The minimum Gasteiger partial charge on any atom is -0.389 e. The molecule has 14 heavy (non-hydrogen) atoms. The molecule has 1 heterocycles. The van der Waals surface area contributed by atoms with Crippen LogP contribution in [0.3, 0.4) is 0 Å². The first kappa shape index (κ1) is 11.9. The zero-order valence-electron chi connectivity index (χ0n) is 8.98. The molecule has 0 saturated carbocycles.